The fourth-order valence-electron chi connectivity index (χ4n) is 0.930. The standard InChI is InChI=1S/C8H14N4.HI/c1-2-11-7(10)12-6-8(5-9)3-4-8;/h2-4,6H2,1H3,(H3,10,11,12);1H. The molecule has 0 aliphatic heterocycles. The molecule has 1 saturated carbocycles. The third kappa shape index (κ3) is 3.81. The van der Waals surface area contributed by atoms with Crippen molar-refractivity contribution in [1.82, 2.24) is 5.32 Å². The third-order valence-corrected chi connectivity index (χ3v) is 2.00. The summed E-state index contributed by atoms with van der Waals surface area (Å²) >= 11 is 0. The van der Waals surface area contributed by atoms with Crippen LogP contribution in [-0.4, -0.2) is 19.0 Å². The Labute approximate surface area is 95.6 Å². The smallest absolute Gasteiger partial charge is 0.188 e. The van der Waals surface area contributed by atoms with Crippen LogP contribution in [0.2, 0.25) is 0 Å². The average molecular weight is 294 g/mol. The zero-order chi connectivity index (χ0) is 9.03. The fraction of sp³-hybridized carbons (Fsp3) is 0.750. The van der Waals surface area contributed by atoms with Crippen LogP contribution < -0.4 is 11.1 Å². The van der Waals surface area contributed by atoms with Gasteiger partial charge >= 0.3 is 0 Å². The normalized spacial score (nSPS) is 18.3. The van der Waals surface area contributed by atoms with E-state index in [9.17, 15) is 0 Å². The summed E-state index contributed by atoms with van der Waals surface area (Å²) in [5.74, 6) is 0.444. The number of nitrogens with two attached hydrogens (primary N) is 1. The summed E-state index contributed by atoms with van der Waals surface area (Å²) in [6, 6.07) is 2.26. The van der Waals surface area contributed by atoms with Gasteiger partial charge in [-0.2, -0.15) is 5.26 Å². The van der Waals surface area contributed by atoms with Gasteiger partial charge < -0.3 is 11.1 Å². The summed E-state index contributed by atoms with van der Waals surface area (Å²) in [4.78, 5) is 4.08. The molecular formula is C8H15IN4. The minimum atomic E-state index is -0.181. The minimum Gasteiger partial charge on any atom is -0.370 e. The van der Waals surface area contributed by atoms with E-state index in [0.29, 0.717) is 12.5 Å². The summed E-state index contributed by atoms with van der Waals surface area (Å²) in [5, 5.41) is 11.6. The molecule has 0 saturated heterocycles. The van der Waals surface area contributed by atoms with Crippen LogP contribution in [0, 0.1) is 16.7 Å². The molecule has 1 aliphatic rings. The molecule has 0 heterocycles. The zero-order valence-electron chi connectivity index (χ0n) is 7.71. The van der Waals surface area contributed by atoms with E-state index in [1.165, 1.54) is 0 Å². The number of nitriles is 1. The van der Waals surface area contributed by atoms with Crippen molar-refractivity contribution in [2.24, 2.45) is 16.1 Å². The quantitative estimate of drug-likeness (QED) is 0.460. The largest absolute Gasteiger partial charge is 0.370 e. The van der Waals surface area contributed by atoms with E-state index in [-0.39, 0.29) is 29.4 Å². The van der Waals surface area contributed by atoms with Gasteiger partial charge in [-0.3, -0.25) is 4.99 Å². The first-order chi connectivity index (χ1) is 5.72. The number of rotatable bonds is 3. The average Bonchev–Trinajstić information content (AvgIpc) is 2.82. The van der Waals surface area contributed by atoms with Crippen LogP contribution in [0.1, 0.15) is 19.8 Å². The summed E-state index contributed by atoms with van der Waals surface area (Å²) in [7, 11) is 0. The minimum absolute atomic E-state index is 0. The molecule has 0 radical (unpaired) electrons. The maximum atomic E-state index is 8.72. The number of aliphatic imine (C=N–C) groups is 1. The summed E-state index contributed by atoms with van der Waals surface area (Å²) < 4.78 is 0. The molecule has 0 amide bonds. The molecule has 0 aromatic carbocycles. The molecule has 0 spiro atoms. The van der Waals surface area contributed by atoms with E-state index in [1.54, 1.807) is 0 Å². The summed E-state index contributed by atoms with van der Waals surface area (Å²) in [6.07, 6.45) is 1.93. The molecule has 13 heavy (non-hydrogen) atoms. The Hall–Kier alpha value is -0.510. The van der Waals surface area contributed by atoms with Crippen LogP contribution in [0.15, 0.2) is 4.99 Å². The Kier molecular flexibility index (Phi) is 5.06. The molecule has 0 bridgehead atoms. The Bertz CT molecular complexity index is 227. The Morgan fingerprint density at radius 3 is 2.69 bits per heavy atom. The van der Waals surface area contributed by atoms with Crippen LogP contribution >= 0.6 is 24.0 Å². The SMILES string of the molecule is CCNC(N)=NCC1(C#N)CC1.I. The van der Waals surface area contributed by atoms with E-state index in [2.05, 4.69) is 16.4 Å². The molecule has 0 aromatic heterocycles. The second-order valence-corrected chi connectivity index (χ2v) is 3.12. The van der Waals surface area contributed by atoms with Gasteiger partial charge in [0.2, 0.25) is 0 Å². The van der Waals surface area contributed by atoms with Crippen LogP contribution in [-0.2, 0) is 0 Å². The number of nitrogens with zero attached hydrogens (tertiary/aromatic N) is 2. The van der Waals surface area contributed by atoms with Crippen molar-refractivity contribution in [3.8, 4) is 6.07 Å². The van der Waals surface area contributed by atoms with Gasteiger partial charge in [0.1, 0.15) is 0 Å². The van der Waals surface area contributed by atoms with E-state index >= 15 is 0 Å². The van der Waals surface area contributed by atoms with E-state index in [1.807, 2.05) is 6.92 Å². The summed E-state index contributed by atoms with van der Waals surface area (Å²) in [5.41, 5.74) is 5.32. The monoisotopic (exact) mass is 294 g/mol. The van der Waals surface area contributed by atoms with Crippen molar-refractivity contribution in [3.05, 3.63) is 0 Å². The third-order valence-electron chi connectivity index (χ3n) is 2.00. The van der Waals surface area contributed by atoms with Crippen LogP contribution in [0.25, 0.3) is 0 Å². The van der Waals surface area contributed by atoms with Gasteiger partial charge in [-0.1, -0.05) is 0 Å². The second-order valence-electron chi connectivity index (χ2n) is 3.12. The van der Waals surface area contributed by atoms with Crippen LogP contribution in [0.4, 0.5) is 0 Å². The zero-order valence-corrected chi connectivity index (χ0v) is 10.0. The maximum Gasteiger partial charge on any atom is 0.188 e. The fourth-order valence-corrected chi connectivity index (χ4v) is 0.930. The number of hydrogen-bond acceptors (Lipinski definition) is 2. The molecular weight excluding hydrogens is 279 g/mol. The van der Waals surface area contributed by atoms with E-state index < -0.39 is 0 Å². The van der Waals surface area contributed by atoms with Crippen molar-refractivity contribution in [1.29, 1.82) is 5.26 Å². The highest BCUT2D eigenvalue weighted by atomic mass is 127. The predicted molar refractivity (Wildman–Crippen MR) is 62.9 cm³/mol. The number of nitrogens with one attached hydrogen (secondary N) is 1. The molecule has 0 aromatic rings. The first kappa shape index (κ1) is 12.5. The highest BCUT2D eigenvalue weighted by molar-refractivity contribution is 14.0. The van der Waals surface area contributed by atoms with Crippen molar-refractivity contribution in [2.75, 3.05) is 13.1 Å². The van der Waals surface area contributed by atoms with Crippen molar-refractivity contribution >= 4 is 29.9 Å². The predicted octanol–water partition coefficient (Wildman–Crippen LogP) is 0.832. The van der Waals surface area contributed by atoms with Crippen LogP contribution in [0.5, 0.6) is 0 Å². The van der Waals surface area contributed by atoms with Gasteiger partial charge in [0.25, 0.3) is 0 Å². The number of guanidine groups is 1. The molecule has 3 N–H and O–H groups in total. The molecule has 4 nitrogen and oxygen atoms in total. The van der Waals surface area contributed by atoms with E-state index in [0.717, 1.165) is 19.4 Å². The number of hydrogen-bond donors (Lipinski definition) is 2. The lowest BCUT2D eigenvalue weighted by molar-refractivity contribution is 0.680. The van der Waals surface area contributed by atoms with Gasteiger partial charge in [0.05, 0.1) is 18.0 Å². The second kappa shape index (κ2) is 5.27. The van der Waals surface area contributed by atoms with E-state index in [4.69, 9.17) is 11.0 Å². The Morgan fingerprint density at radius 2 is 2.31 bits per heavy atom. The topological polar surface area (TPSA) is 74.2 Å². The lowest BCUT2D eigenvalue weighted by Gasteiger charge is -2.03. The molecule has 0 atom stereocenters. The highest BCUT2D eigenvalue weighted by Crippen LogP contribution is 2.44. The highest BCUT2D eigenvalue weighted by Gasteiger charge is 2.42. The van der Waals surface area contributed by atoms with Gasteiger partial charge in [-0.05, 0) is 19.8 Å². The molecule has 1 aliphatic carbocycles. The van der Waals surface area contributed by atoms with Crippen molar-refractivity contribution in [2.45, 2.75) is 19.8 Å². The van der Waals surface area contributed by atoms with Crippen LogP contribution in [0.3, 0.4) is 0 Å². The van der Waals surface area contributed by atoms with Gasteiger partial charge in [0.15, 0.2) is 5.96 Å². The number of halogens is 1. The maximum absolute atomic E-state index is 8.72. The molecule has 0 unspecified atom stereocenters. The molecule has 1 fully saturated rings. The Morgan fingerprint density at radius 1 is 1.69 bits per heavy atom. The summed E-state index contributed by atoms with van der Waals surface area (Å²) in [6.45, 7) is 3.27. The van der Waals surface area contributed by atoms with Gasteiger partial charge in [-0.25, -0.2) is 0 Å². The first-order valence-corrected chi connectivity index (χ1v) is 4.17. The molecule has 5 heteroatoms. The molecule has 1 rings (SSSR count). The first-order valence-electron chi connectivity index (χ1n) is 4.17. The lowest BCUT2D eigenvalue weighted by Crippen LogP contribution is -2.31. The molecule has 74 valence electrons. The van der Waals surface area contributed by atoms with Crippen molar-refractivity contribution in [3.63, 3.8) is 0 Å². The lowest BCUT2D eigenvalue weighted by atomic mass is 10.1. The van der Waals surface area contributed by atoms with Gasteiger partial charge in [-0.15, -0.1) is 24.0 Å². The van der Waals surface area contributed by atoms with Gasteiger partial charge in [0, 0.05) is 6.54 Å². The van der Waals surface area contributed by atoms with Crippen molar-refractivity contribution < 1.29 is 0 Å². The Balaban J connectivity index is 0.00000144.